The van der Waals surface area contributed by atoms with Gasteiger partial charge in [0.2, 0.25) is 0 Å². The Morgan fingerprint density at radius 3 is 2.67 bits per heavy atom. The fourth-order valence-corrected chi connectivity index (χ4v) is 0.817. The van der Waals surface area contributed by atoms with Crippen molar-refractivity contribution in [3.63, 3.8) is 0 Å². The highest BCUT2D eigenvalue weighted by Gasteiger charge is 2.10. The predicted octanol–water partition coefficient (Wildman–Crippen LogP) is -1.45. The summed E-state index contributed by atoms with van der Waals surface area (Å²) in [5, 5.41) is 21.3. The van der Waals surface area contributed by atoms with E-state index < -0.39 is 12.0 Å². The highest BCUT2D eigenvalue weighted by molar-refractivity contribution is 5.76. The van der Waals surface area contributed by atoms with Crippen LogP contribution in [0.25, 0.3) is 0 Å². The fraction of sp³-hybridized carbons (Fsp3) is 0.750. The lowest BCUT2D eigenvalue weighted by Crippen LogP contribution is -2.41. The molecule has 88 valence electrons. The maximum atomic E-state index is 10.3. The number of methoxy groups -OCH3 is 1. The minimum absolute atomic E-state index is 0.143. The second-order valence-corrected chi connectivity index (χ2v) is 2.95. The summed E-state index contributed by atoms with van der Waals surface area (Å²) in [5.74, 6) is -0.889. The van der Waals surface area contributed by atoms with Crippen LogP contribution < -0.4 is 16.4 Å². The smallest absolute Gasteiger partial charge is 0.320 e. The number of carbonyl (C=O) groups is 1. The van der Waals surface area contributed by atoms with E-state index in [9.17, 15) is 4.79 Å². The van der Waals surface area contributed by atoms with Crippen molar-refractivity contribution in [1.82, 2.24) is 10.6 Å². The third-order valence-corrected chi connectivity index (χ3v) is 1.68. The van der Waals surface area contributed by atoms with Gasteiger partial charge in [0.1, 0.15) is 6.04 Å². The second kappa shape index (κ2) is 8.01. The zero-order chi connectivity index (χ0) is 11.7. The minimum atomic E-state index is -1.03. The third-order valence-electron chi connectivity index (χ3n) is 1.68. The van der Waals surface area contributed by atoms with Crippen LogP contribution in [0.15, 0.2) is 0 Å². The first-order valence-corrected chi connectivity index (χ1v) is 4.61. The molecule has 0 unspecified atom stereocenters. The summed E-state index contributed by atoms with van der Waals surface area (Å²) in [6.45, 7) is 1.40. The average molecular weight is 218 g/mol. The van der Waals surface area contributed by atoms with Crippen LogP contribution in [0.2, 0.25) is 0 Å². The number of nitrogens with one attached hydrogen (secondary N) is 3. The SMILES string of the molecule is COCCNC(=N)NCC[C@H](N)C(=O)O. The van der Waals surface area contributed by atoms with Gasteiger partial charge in [0.15, 0.2) is 5.96 Å². The van der Waals surface area contributed by atoms with Gasteiger partial charge in [-0.15, -0.1) is 0 Å². The zero-order valence-corrected chi connectivity index (χ0v) is 8.75. The largest absolute Gasteiger partial charge is 0.480 e. The first-order chi connectivity index (χ1) is 7.07. The first kappa shape index (κ1) is 13.7. The van der Waals surface area contributed by atoms with Gasteiger partial charge in [0.05, 0.1) is 6.61 Å². The Kier molecular flexibility index (Phi) is 7.29. The number of hydrogen-bond donors (Lipinski definition) is 5. The van der Waals surface area contributed by atoms with Crippen LogP contribution >= 0.6 is 0 Å². The number of aliphatic carboxylic acids is 1. The molecule has 0 aromatic heterocycles. The van der Waals surface area contributed by atoms with E-state index in [-0.39, 0.29) is 12.4 Å². The van der Waals surface area contributed by atoms with Crippen LogP contribution in [0.1, 0.15) is 6.42 Å². The molecule has 0 aromatic rings. The Hall–Kier alpha value is -1.34. The van der Waals surface area contributed by atoms with Gasteiger partial charge in [-0.05, 0) is 6.42 Å². The van der Waals surface area contributed by atoms with E-state index in [1.807, 2.05) is 0 Å². The van der Waals surface area contributed by atoms with Crippen LogP contribution in [0.4, 0.5) is 0 Å². The van der Waals surface area contributed by atoms with Crippen molar-refractivity contribution in [2.24, 2.45) is 5.73 Å². The monoisotopic (exact) mass is 218 g/mol. The van der Waals surface area contributed by atoms with E-state index in [2.05, 4.69) is 10.6 Å². The number of ether oxygens (including phenoxy) is 1. The molecule has 0 bridgehead atoms. The highest BCUT2D eigenvalue weighted by Crippen LogP contribution is 1.85. The van der Waals surface area contributed by atoms with E-state index in [0.29, 0.717) is 19.7 Å². The molecular weight excluding hydrogens is 200 g/mol. The molecule has 0 saturated heterocycles. The van der Waals surface area contributed by atoms with Crippen molar-refractivity contribution < 1.29 is 14.6 Å². The first-order valence-electron chi connectivity index (χ1n) is 4.61. The van der Waals surface area contributed by atoms with E-state index in [4.69, 9.17) is 21.0 Å². The lowest BCUT2D eigenvalue weighted by molar-refractivity contribution is -0.138. The summed E-state index contributed by atoms with van der Waals surface area (Å²) in [6.07, 6.45) is 0.281. The van der Waals surface area contributed by atoms with Crippen molar-refractivity contribution in [2.75, 3.05) is 26.8 Å². The Labute approximate surface area is 88.5 Å². The van der Waals surface area contributed by atoms with Crippen molar-refractivity contribution in [3.8, 4) is 0 Å². The zero-order valence-electron chi connectivity index (χ0n) is 8.75. The molecule has 0 aromatic carbocycles. The maximum Gasteiger partial charge on any atom is 0.320 e. The number of carboxylic acid groups (broad SMARTS) is 1. The molecule has 0 amide bonds. The van der Waals surface area contributed by atoms with Crippen LogP contribution in [0, 0.1) is 5.41 Å². The number of hydrogen-bond acceptors (Lipinski definition) is 4. The van der Waals surface area contributed by atoms with E-state index >= 15 is 0 Å². The highest BCUT2D eigenvalue weighted by atomic mass is 16.5. The third kappa shape index (κ3) is 7.71. The van der Waals surface area contributed by atoms with Gasteiger partial charge in [-0.25, -0.2) is 0 Å². The molecule has 15 heavy (non-hydrogen) atoms. The maximum absolute atomic E-state index is 10.3. The molecule has 0 heterocycles. The summed E-state index contributed by atoms with van der Waals surface area (Å²) < 4.78 is 4.78. The van der Waals surface area contributed by atoms with Crippen molar-refractivity contribution in [1.29, 1.82) is 5.41 Å². The lowest BCUT2D eigenvalue weighted by Gasteiger charge is -2.11. The molecule has 7 nitrogen and oxygen atoms in total. The Morgan fingerprint density at radius 2 is 2.13 bits per heavy atom. The van der Waals surface area contributed by atoms with E-state index in [1.165, 1.54) is 0 Å². The number of guanidine groups is 1. The van der Waals surface area contributed by atoms with Gasteiger partial charge in [0, 0.05) is 20.2 Å². The molecule has 0 spiro atoms. The van der Waals surface area contributed by atoms with Gasteiger partial charge < -0.3 is 26.2 Å². The summed E-state index contributed by atoms with van der Waals surface area (Å²) in [5.41, 5.74) is 5.27. The molecule has 6 N–H and O–H groups in total. The average Bonchev–Trinajstić information content (AvgIpc) is 2.18. The minimum Gasteiger partial charge on any atom is -0.480 e. The molecule has 0 rings (SSSR count). The molecule has 0 aliphatic rings. The Bertz CT molecular complexity index is 210. The quantitative estimate of drug-likeness (QED) is 0.202. The molecule has 1 atom stereocenters. The molecular formula is C8H18N4O3. The van der Waals surface area contributed by atoms with Crippen LogP contribution in [0.5, 0.6) is 0 Å². The van der Waals surface area contributed by atoms with Crippen LogP contribution in [-0.4, -0.2) is 49.9 Å². The molecule has 0 radical (unpaired) electrons. The molecule has 7 heteroatoms. The fourth-order valence-electron chi connectivity index (χ4n) is 0.817. The van der Waals surface area contributed by atoms with Gasteiger partial charge in [-0.1, -0.05) is 0 Å². The summed E-state index contributed by atoms with van der Waals surface area (Å²) >= 11 is 0. The van der Waals surface area contributed by atoms with Crippen molar-refractivity contribution in [3.05, 3.63) is 0 Å². The topological polar surface area (TPSA) is 120 Å². The predicted molar refractivity (Wildman–Crippen MR) is 55.8 cm³/mol. The number of rotatable bonds is 7. The second-order valence-electron chi connectivity index (χ2n) is 2.95. The van der Waals surface area contributed by atoms with Crippen molar-refractivity contribution >= 4 is 11.9 Å². The molecule has 0 aliphatic carbocycles. The van der Waals surface area contributed by atoms with Gasteiger partial charge >= 0.3 is 5.97 Å². The standard InChI is InChI=1S/C8H18N4O3/c1-15-5-4-12-8(10)11-3-2-6(9)7(13)14/h6H,2-5,9H2,1H3,(H,13,14)(H3,10,11,12)/t6-/m0/s1. The summed E-state index contributed by atoms with van der Waals surface area (Å²) in [6, 6.07) is -0.885. The lowest BCUT2D eigenvalue weighted by atomic mass is 10.2. The molecule has 0 aliphatic heterocycles. The van der Waals surface area contributed by atoms with Crippen LogP contribution in [0.3, 0.4) is 0 Å². The summed E-state index contributed by atoms with van der Waals surface area (Å²) in [7, 11) is 1.57. The van der Waals surface area contributed by atoms with Crippen molar-refractivity contribution in [2.45, 2.75) is 12.5 Å². The van der Waals surface area contributed by atoms with Gasteiger partial charge in [0.25, 0.3) is 0 Å². The molecule has 0 saturated carbocycles. The number of carboxylic acids is 1. The molecule has 0 fully saturated rings. The van der Waals surface area contributed by atoms with Crippen LogP contribution in [-0.2, 0) is 9.53 Å². The Balaban J connectivity index is 3.42. The normalized spacial score (nSPS) is 11.9. The van der Waals surface area contributed by atoms with E-state index in [1.54, 1.807) is 7.11 Å². The number of nitrogens with two attached hydrogens (primary N) is 1. The van der Waals surface area contributed by atoms with Gasteiger partial charge in [-0.3, -0.25) is 10.2 Å². The van der Waals surface area contributed by atoms with E-state index in [0.717, 1.165) is 0 Å². The summed E-state index contributed by atoms with van der Waals surface area (Å²) in [4.78, 5) is 10.3. The Morgan fingerprint density at radius 1 is 1.53 bits per heavy atom. The van der Waals surface area contributed by atoms with Gasteiger partial charge in [-0.2, -0.15) is 0 Å².